The number of nitro groups is 1. The fourth-order valence-electron chi connectivity index (χ4n) is 2.09. The maximum atomic E-state index is 12.2. The van der Waals surface area contributed by atoms with Crippen LogP contribution in [0, 0.1) is 10.1 Å². The van der Waals surface area contributed by atoms with Gasteiger partial charge in [-0.05, 0) is 12.5 Å². The fraction of sp³-hybridized carbons (Fsp3) is 0.533. The predicted molar refractivity (Wildman–Crippen MR) is 97.2 cm³/mol. The highest BCUT2D eigenvalue weighted by Crippen LogP contribution is 2.16. The van der Waals surface area contributed by atoms with E-state index in [-0.39, 0.29) is 17.1 Å². The summed E-state index contributed by atoms with van der Waals surface area (Å²) in [6.45, 7) is 3.44. The molecule has 1 aromatic carbocycles. The molecule has 0 bridgehead atoms. The van der Waals surface area contributed by atoms with E-state index in [2.05, 4.69) is 22.0 Å². The van der Waals surface area contributed by atoms with Crippen LogP contribution in [0.2, 0.25) is 0 Å². The molecule has 0 unspecified atom stereocenters. The van der Waals surface area contributed by atoms with Gasteiger partial charge in [0.25, 0.3) is 5.69 Å². The Morgan fingerprint density at radius 2 is 2.08 bits per heavy atom. The van der Waals surface area contributed by atoms with Gasteiger partial charge >= 0.3 is 0 Å². The van der Waals surface area contributed by atoms with Crippen LogP contribution in [0.15, 0.2) is 34.2 Å². The van der Waals surface area contributed by atoms with Gasteiger partial charge in [0.15, 0.2) is 5.96 Å². The Labute approximate surface area is 148 Å². The number of nitrogens with one attached hydrogen (secondary N) is 2. The highest BCUT2D eigenvalue weighted by Gasteiger charge is 2.17. The van der Waals surface area contributed by atoms with E-state index >= 15 is 0 Å². The summed E-state index contributed by atoms with van der Waals surface area (Å²) in [5.41, 5.74) is -0.265. The fourth-order valence-corrected chi connectivity index (χ4v) is 3.16. The van der Waals surface area contributed by atoms with E-state index in [1.54, 1.807) is 7.05 Å². The minimum atomic E-state index is -3.80. The Balaban J connectivity index is 2.57. The van der Waals surface area contributed by atoms with E-state index in [1.807, 2.05) is 11.9 Å². The maximum absolute atomic E-state index is 12.2. The van der Waals surface area contributed by atoms with E-state index in [1.165, 1.54) is 18.2 Å². The van der Waals surface area contributed by atoms with Crippen LogP contribution in [0.25, 0.3) is 0 Å². The molecule has 25 heavy (non-hydrogen) atoms. The summed E-state index contributed by atoms with van der Waals surface area (Å²) in [6, 6.07) is 4.94. The second-order valence-electron chi connectivity index (χ2n) is 5.40. The number of rotatable bonds is 9. The van der Waals surface area contributed by atoms with Gasteiger partial charge in [-0.2, -0.15) is 0 Å². The van der Waals surface area contributed by atoms with Crippen molar-refractivity contribution in [3.8, 4) is 0 Å². The molecular weight excluding hydrogens is 346 g/mol. The summed E-state index contributed by atoms with van der Waals surface area (Å²) in [6.07, 6.45) is 2.11. The standard InChI is InChI=1S/C15H25N5O4S/c1-4-5-11-19(3)15(16-2)17-9-10-18-25(23,24)14-8-6-7-13(12-14)20(21)22/h6-8,12,18H,4-5,9-11H2,1-3H3,(H,16,17). The molecular formula is C15H25N5O4S. The first-order chi connectivity index (χ1) is 11.8. The monoisotopic (exact) mass is 371 g/mol. The van der Waals surface area contributed by atoms with Crippen LogP contribution in [0.3, 0.4) is 0 Å². The summed E-state index contributed by atoms with van der Waals surface area (Å²) < 4.78 is 26.8. The lowest BCUT2D eigenvalue weighted by molar-refractivity contribution is -0.385. The molecule has 0 aliphatic carbocycles. The third kappa shape index (κ3) is 6.67. The molecule has 2 N–H and O–H groups in total. The molecule has 0 aliphatic rings. The van der Waals surface area contributed by atoms with Crippen molar-refractivity contribution in [1.29, 1.82) is 0 Å². The van der Waals surface area contributed by atoms with Gasteiger partial charge in [0.05, 0.1) is 9.82 Å². The number of unbranched alkanes of at least 4 members (excludes halogenated alkanes) is 1. The third-order valence-corrected chi connectivity index (χ3v) is 4.92. The number of hydrogen-bond acceptors (Lipinski definition) is 5. The molecule has 140 valence electrons. The number of guanidine groups is 1. The smallest absolute Gasteiger partial charge is 0.270 e. The molecule has 1 aromatic rings. The SMILES string of the molecule is CCCCN(C)C(=NC)NCCNS(=O)(=O)c1cccc([N+](=O)[O-])c1. The summed E-state index contributed by atoms with van der Waals surface area (Å²) in [5.74, 6) is 0.683. The van der Waals surface area contributed by atoms with Gasteiger partial charge in [-0.1, -0.05) is 19.4 Å². The number of non-ortho nitro benzene ring substituents is 1. The van der Waals surface area contributed by atoms with Gasteiger partial charge in [-0.15, -0.1) is 0 Å². The zero-order chi connectivity index (χ0) is 18.9. The summed E-state index contributed by atoms with van der Waals surface area (Å²) in [7, 11) is -0.224. The third-order valence-electron chi connectivity index (χ3n) is 3.46. The van der Waals surface area contributed by atoms with Crippen LogP contribution >= 0.6 is 0 Å². The van der Waals surface area contributed by atoms with Gasteiger partial charge in [-0.3, -0.25) is 15.1 Å². The molecule has 0 saturated heterocycles. The van der Waals surface area contributed by atoms with Crippen molar-refractivity contribution in [1.82, 2.24) is 14.9 Å². The first-order valence-electron chi connectivity index (χ1n) is 7.97. The van der Waals surface area contributed by atoms with Crippen LogP contribution in [0.5, 0.6) is 0 Å². The first kappa shape index (κ1) is 20.8. The van der Waals surface area contributed by atoms with Gasteiger partial charge in [0, 0.05) is 45.9 Å². The average molecular weight is 371 g/mol. The lowest BCUT2D eigenvalue weighted by Gasteiger charge is -2.21. The van der Waals surface area contributed by atoms with E-state index in [4.69, 9.17) is 0 Å². The summed E-state index contributed by atoms with van der Waals surface area (Å²) >= 11 is 0. The average Bonchev–Trinajstić information content (AvgIpc) is 2.59. The molecule has 0 amide bonds. The number of nitro benzene ring substituents is 1. The Morgan fingerprint density at radius 1 is 1.36 bits per heavy atom. The van der Waals surface area contributed by atoms with E-state index in [9.17, 15) is 18.5 Å². The number of sulfonamides is 1. The highest BCUT2D eigenvalue weighted by molar-refractivity contribution is 7.89. The minimum absolute atomic E-state index is 0.131. The molecule has 0 radical (unpaired) electrons. The second kappa shape index (κ2) is 9.94. The van der Waals surface area contributed by atoms with Crippen LogP contribution in [0.1, 0.15) is 19.8 Å². The normalized spacial score (nSPS) is 12.0. The number of aliphatic imine (C=N–C) groups is 1. The molecule has 0 atom stereocenters. The predicted octanol–water partition coefficient (Wildman–Crippen LogP) is 1.18. The topological polar surface area (TPSA) is 117 Å². The Bertz CT molecular complexity index is 706. The second-order valence-corrected chi connectivity index (χ2v) is 7.17. The zero-order valence-corrected chi connectivity index (χ0v) is 15.5. The molecule has 0 spiro atoms. The van der Waals surface area contributed by atoms with Gasteiger partial charge < -0.3 is 10.2 Å². The molecule has 9 nitrogen and oxygen atoms in total. The van der Waals surface area contributed by atoms with E-state index in [0.29, 0.717) is 12.5 Å². The van der Waals surface area contributed by atoms with E-state index in [0.717, 1.165) is 25.5 Å². The maximum Gasteiger partial charge on any atom is 0.270 e. The summed E-state index contributed by atoms with van der Waals surface area (Å²) in [5, 5.41) is 13.8. The Morgan fingerprint density at radius 3 is 2.68 bits per heavy atom. The molecule has 0 fully saturated rings. The molecule has 0 saturated carbocycles. The number of nitrogens with zero attached hydrogens (tertiary/aromatic N) is 3. The molecule has 10 heteroatoms. The van der Waals surface area contributed by atoms with Crippen molar-refractivity contribution in [3.63, 3.8) is 0 Å². The van der Waals surface area contributed by atoms with Crippen molar-refractivity contribution in [2.45, 2.75) is 24.7 Å². The number of benzene rings is 1. The first-order valence-corrected chi connectivity index (χ1v) is 9.46. The van der Waals surface area contributed by atoms with Crippen molar-refractivity contribution < 1.29 is 13.3 Å². The van der Waals surface area contributed by atoms with Crippen LogP contribution in [0.4, 0.5) is 5.69 Å². The van der Waals surface area contributed by atoms with Gasteiger partial charge in [-0.25, -0.2) is 13.1 Å². The van der Waals surface area contributed by atoms with Gasteiger partial charge in [0.2, 0.25) is 10.0 Å². The Kier molecular flexibility index (Phi) is 8.29. The quantitative estimate of drug-likeness (QED) is 0.221. The lowest BCUT2D eigenvalue weighted by Crippen LogP contribution is -2.42. The lowest BCUT2D eigenvalue weighted by atomic mass is 10.3. The van der Waals surface area contributed by atoms with Gasteiger partial charge in [0.1, 0.15) is 0 Å². The van der Waals surface area contributed by atoms with Crippen molar-refractivity contribution in [3.05, 3.63) is 34.4 Å². The Hall–Kier alpha value is -2.20. The molecule has 1 rings (SSSR count). The van der Waals surface area contributed by atoms with Crippen LogP contribution < -0.4 is 10.0 Å². The van der Waals surface area contributed by atoms with Crippen LogP contribution in [-0.2, 0) is 10.0 Å². The van der Waals surface area contributed by atoms with Crippen molar-refractivity contribution in [2.75, 3.05) is 33.7 Å². The van der Waals surface area contributed by atoms with Crippen molar-refractivity contribution >= 4 is 21.7 Å². The molecule has 0 heterocycles. The minimum Gasteiger partial charge on any atom is -0.355 e. The molecule has 0 aliphatic heterocycles. The largest absolute Gasteiger partial charge is 0.355 e. The zero-order valence-electron chi connectivity index (χ0n) is 14.7. The number of hydrogen-bond donors (Lipinski definition) is 2. The van der Waals surface area contributed by atoms with Crippen LogP contribution in [-0.4, -0.2) is 57.9 Å². The van der Waals surface area contributed by atoms with E-state index < -0.39 is 14.9 Å². The molecule has 0 aromatic heterocycles. The summed E-state index contributed by atoms with van der Waals surface area (Å²) in [4.78, 5) is 16.1. The highest BCUT2D eigenvalue weighted by atomic mass is 32.2. The van der Waals surface area contributed by atoms with Crippen molar-refractivity contribution in [2.24, 2.45) is 4.99 Å².